The van der Waals surface area contributed by atoms with Crippen LogP contribution < -0.4 is 10.1 Å². The van der Waals surface area contributed by atoms with E-state index in [4.69, 9.17) is 9.47 Å². The van der Waals surface area contributed by atoms with Gasteiger partial charge >= 0.3 is 6.09 Å². The molecule has 0 aliphatic carbocycles. The first-order valence-corrected chi connectivity index (χ1v) is 7.74. The lowest BCUT2D eigenvalue weighted by atomic mass is 10.2. The molecular formula is C15H21BrN2O4. The third-order valence-electron chi connectivity index (χ3n) is 2.96. The molecule has 1 aromatic carbocycles. The lowest BCUT2D eigenvalue weighted by molar-refractivity contribution is -0.130. The van der Waals surface area contributed by atoms with E-state index in [0.717, 1.165) is 15.8 Å². The fourth-order valence-electron chi connectivity index (χ4n) is 1.86. The SMILES string of the molecule is CCOC(=O)NCCC(=O)N(C)Cc1cc(Br)ccc1OC. The number of ether oxygens (including phenoxy) is 2. The third kappa shape index (κ3) is 5.93. The molecule has 0 unspecified atom stereocenters. The molecule has 1 N–H and O–H groups in total. The van der Waals surface area contributed by atoms with Gasteiger partial charge in [0, 0.05) is 36.6 Å². The number of rotatable bonds is 7. The van der Waals surface area contributed by atoms with Gasteiger partial charge in [-0.25, -0.2) is 4.79 Å². The minimum atomic E-state index is -0.508. The van der Waals surface area contributed by atoms with E-state index in [0.29, 0.717) is 13.2 Å². The second-order valence-electron chi connectivity index (χ2n) is 4.60. The molecule has 0 radical (unpaired) electrons. The Hall–Kier alpha value is -1.76. The number of benzene rings is 1. The van der Waals surface area contributed by atoms with Crippen molar-refractivity contribution >= 4 is 27.9 Å². The zero-order chi connectivity index (χ0) is 16.5. The quantitative estimate of drug-likeness (QED) is 0.798. The maximum Gasteiger partial charge on any atom is 0.407 e. The van der Waals surface area contributed by atoms with Gasteiger partial charge in [0.15, 0.2) is 0 Å². The number of methoxy groups -OCH3 is 1. The average Bonchev–Trinajstić information content (AvgIpc) is 2.47. The predicted molar refractivity (Wildman–Crippen MR) is 86.8 cm³/mol. The Morgan fingerprint density at radius 2 is 2.09 bits per heavy atom. The molecule has 0 saturated heterocycles. The van der Waals surface area contributed by atoms with E-state index in [2.05, 4.69) is 21.2 Å². The minimum absolute atomic E-state index is 0.0705. The summed E-state index contributed by atoms with van der Waals surface area (Å²) in [4.78, 5) is 24.8. The number of halogens is 1. The van der Waals surface area contributed by atoms with E-state index < -0.39 is 6.09 Å². The van der Waals surface area contributed by atoms with Crippen molar-refractivity contribution in [1.29, 1.82) is 0 Å². The van der Waals surface area contributed by atoms with Gasteiger partial charge < -0.3 is 19.7 Å². The van der Waals surface area contributed by atoms with Crippen LogP contribution in [0.5, 0.6) is 5.75 Å². The molecule has 0 aliphatic heterocycles. The van der Waals surface area contributed by atoms with Gasteiger partial charge in [-0.2, -0.15) is 0 Å². The van der Waals surface area contributed by atoms with Crippen molar-refractivity contribution in [2.45, 2.75) is 19.9 Å². The first-order valence-electron chi connectivity index (χ1n) is 6.95. The fraction of sp³-hybridized carbons (Fsp3) is 0.467. The molecule has 0 saturated carbocycles. The smallest absolute Gasteiger partial charge is 0.407 e. The van der Waals surface area contributed by atoms with Gasteiger partial charge in [0.05, 0.1) is 13.7 Å². The van der Waals surface area contributed by atoms with E-state index in [9.17, 15) is 9.59 Å². The molecule has 6 nitrogen and oxygen atoms in total. The van der Waals surface area contributed by atoms with Crippen LogP contribution in [-0.2, 0) is 16.1 Å². The summed E-state index contributed by atoms with van der Waals surface area (Å²) in [5, 5.41) is 2.52. The summed E-state index contributed by atoms with van der Waals surface area (Å²) >= 11 is 3.40. The number of carbonyl (C=O) groups is 2. The molecule has 0 spiro atoms. The Morgan fingerprint density at radius 1 is 1.36 bits per heavy atom. The van der Waals surface area contributed by atoms with Gasteiger partial charge in [-0.3, -0.25) is 4.79 Å². The number of carbonyl (C=O) groups excluding carboxylic acids is 2. The van der Waals surface area contributed by atoms with E-state index in [1.165, 1.54) is 0 Å². The number of alkyl carbamates (subject to hydrolysis) is 1. The maximum atomic E-state index is 12.1. The summed E-state index contributed by atoms with van der Waals surface area (Å²) in [5.41, 5.74) is 0.908. The van der Waals surface area contributed by atoms with E-state index in [-0.39, 0.29) is 18.9 Å². The molecule has 0 fully saturated rings. The van der Waals surface area contributed by atoms with Crippen LogP contribution in [-0.4, -0.2) is 44.2 Å². The summed E-state index contributed by atoms with van der Waals surface area (Å²) in [5.74, 6) is 0.659. The zero-order valence-electron chi connectivity index (χ0n) is 13.0. The van der Waals surface area contributed by atoms with Gasteiger partial charge in [-0.1, -0.05) is 15.9 Å². The van der Waals surface area contributed by atoms with E-state index >= 15 is 0 Å². The highest BCUT2D eigenvalue weighted by atomic mass is 79.9. The second kappa shape index (κ2) is 9.30. The number of nitrogens with zero attached hydrogens (tertiary/aromatic N) is 1. The summed E-state index contributed by atoms with van der Waals surface area (Å²) in [6.45, 7) is 2.71. The molecule has 2 amide bonds. The van der Waals surface area contributed by atoms with Crippen LogP contribution in [0.1, 0.15) is 18.9 Å². The fourth-order valence-corrected chi connectivity index (χ4v) is 2.27. The van der Waals surface area contributed by atoms with E-state index in [1.54, 1.807) is 26.0 Å². The molecule has 0 aliphatic rings. The molecular weight excluding hydrogens is 352 g/mol. The first kappa shape index (κ1) is 18.3. The lowest BCUT2D eigenvalue weighted by Crippen LogP contribution is -2.32. The lowest BCUT2D eigenvalue weighted by Gasteiger charge is -2.19. The summed E-state index contributed by atoms with van der Waals surface area (Å²) < 4.78 is 10.9. The van der Waals surface area contributed by atoms with Crippen LogP contribution in [0.2, 0.25) is 0 Å². The summed E-state index contributed by atoms with van der Waals surface area (Å²) in [6, 6.07) is 5.65. The number of hydrogen-bond donors (Lipinski definition) is 1. The Labute approximate surface area is 138 Å². The van der Waals surface area contributed by atoms with E-state index in [1.807, 2.05) is 18.2 Å². The highest BCUT2D eigenvalue weighted by Gasteiger charge is 2.13. The van der Waals surface area contributed by atoms with Crippen molar-refractivity contribution in [1.82, 2.24) is 10.2 Å². The number of amides is 2. The van der Waals surface area contributed by atoms with Crippen molar-refractivity contribution in [3.63, 3.8) is 0 Å². The molecule has 0 atom stereocenters. The Balaban J connectivity index is 2.50. The topological polar surface area (TPSA) is 67.9 Å². The van der Waals surface area contributed by atoms with Crippen LogP contribution in [0.25, 0.3) is 0 Å². The predicted octanol–water partition coefficient (Wildman–Crippen LogP) is 2.55. The minimum Gasteiger partial charge on any atom is -0.496 e. The highest BCUT2D eigenvalue weighted by Crippen LogP contribution is 2.24. The first-order chi connectivity index (χ1) is 10.5. The van der Waals surface area contributed by atoms with Crippen molar-refractivity contribution < 1.29 is 19.1 Å². The standard InChI is InChI=1S/C15H21BrN2O4/c1-4-22-15(20)17-8-7-14(19)18(2)10-11-9-12(16)5-6-13(11)21-3/h5-6,9H,4,7-8,10H2,1-3H3,(H,17,20). The molecule has 1 rings (SSSR count). The second-order valence-corrected chi connectivity index (χ2v) is 5.52. The molecule has 1 aromatic rings. The largest absolute Gasteiger partial charge is 0.496 e. The van der Waals surface area contributed by atoms with Crippen LogP contribution >= 0.6 is 15.9 Å². The van der Waals surface area contributed by atoms with Gasteiger partial charge in [0.1, 0.15) is 5.75 Å². The molecule has 0 bridgehead atoms. The number of hydrogen-bond acceptors (Lipinski definition) is 4. The molecule has 22 heavy (non-hydrogen) atoms. The van der Waals surface area contributed by atoms with Crippen LogP contribution in [0, 0.1) is 0 Å². The van der Waals surface area contributed by atoms with Crippen molar-refractivity contribution in [3.05, 3.63) is 28.2 Å². The Morgan fingerprint density at radius 3 is 2.73 bits per heavy atom. The van der Waals surface area contributed by atoms with Gasteiger partial charge in [-0.15, -0.1) is 0 Å². The average molecular weight is 373 g/mol. The van der Waals surface area contributed by atoms with Crippen LogP contribution in [0.4, 0.5) is 4.79 Å². The molecule has 0 aromatic heterocycles. The Kier molecular flexibility index (Phi) is 7.73. The molecule has 7 heteroatoms. The Bertz CT molecular complexity index is 522. The summed E-state index contributed by atoms with van der Waals surface area (Å²) in [6.07, 6.45) is -0.294. The van der Waals surface area contributed by atoms with Gasteiger partial charge in [-0.05, 0) is 25.1 Å². The van der Waals surface area contributed by atoms with Gasteiger partial charge in [0.2, 0.25) is 5.91 Å². The normalized spacial score (nSPS) is 10.0. The number of nitrogens with one attached hydrogen (secondary N) is 1. The van der Waals surface area contributed by atoms with Crippen LogP contribution in [0.15, 0.2) is 22.7 Å². The van der Waals surface area contributed by atoms with Crippen LogP contribution in [0.3, 0.4) is 0 Å². The highest BCUT2D eigenvalue weighted by molar-refractivity contribution is 9.10. The monoisotopic (exact) mass is 372 g/mol. The van der Waals surface area contributed by atoms with Crippen molar-refractivity contribution in [2.24, 2.45) is 0 Å². The maximum absolute atomic E-state index is 12.1. The van der Waals surface area contributed by atoms with Crippen molar-refractivity contribution in [3.8, 4) is 5.75 Å². The zero-order valence-corrected chi connectivity index (χ0v) is 14.6. The molecule has 122 valence electrons. The summed E-state index contributed by atoms with van der Waals surface area (Å²) in [7, 11) is 3.31. The van der Waals surface area contributed by atoms with Crippen molar-refractivity contribution in [2.75, 3.05) is 27.3 Å². The third-order valence-corrected chi connectivity index (χ3v) is 3.45. The van der Waals surface area contributed by atoms with Gasteiger partial charge in [0.25, 0.3) is 0 Å². The molecule has 0 heterocycles.